The highest BCUT2D eigenvalue weighted by atomic mass is 16.5. The highest BCUT2D eigenvalue weighted by Crippen LogP contribution is 2.36. The number of aryl methyl sites for hydroxylation is 1. The Labute approximate surface area is 125 Å². The van der Waals surface area contributed by atoms with Crippen LogP contribution in [0.15, 0.2) is 6.07 Å². The number of hydrogen-bond donors (Lipinski definition) is 1. The zero-order valence-electron chi connectivity index (χ0n) is 12.9. The van der Waals surface area contributed by atoms with Gasteiger partial charge < -0.3 is 14.7 Å². The summed E-state index contributed by atoms with van der Waals surface area (Å²) < 4.78 is 5.45. The molecular formula is C15H23N3O3. The molecule has 21 heavy (non-hydrogen) atoms. The first kappa shape index (κ1) is 15.5. The van der Waals surface area contributed by atoms with E-state index >= 15 is 0 Å². The third kappa shape index (κ3) is 3.25. The maximum Gasteiger partial charge on any atom is 0.309 e. The van der Waals surface area contributed by atoms with Crippen LogP contribution >= 0.6 is 0 Å². The molecule has 0 unspecified atom stereocenters. The van der Waals surface area contributed by atoms with Crippen molar-refractivity contribution in [1.82, 2.24) is 9.97 Å². The quantitative estimate of drug-likeness (QED) is 0.897. The van der Waals surface area contributed by atoms with Crippen molar-refractivity contribution in [2.45, 2.75) is 40.0 Å². The van der Waals surface area contributed by atoms with Crippen molar-refractivity contribution >= 4 is 11.8 Å². The van der Waals surface area contributed by atoms with Gasteiger partial charge in [0, 0.05) is 19.2 Å². The number of ether oxygens (including phenoxy) is 1. The summed E-state index contributed by atoms with van der Waals surface area (Å²) in [7, 11) is 0. The van der Waals surface area contributed by atoms with Crippen molar-refractivity contribution in [1.29, 1.82) is 0 Å². The summed E-state index contributed by atoms with van der Waals surface area (Å²) in [6, 6.07) is 1.83. The Morgan fingerprint density at radius 3 is 2.57 bits per heavy atom. The molecule has 6 nitrogen and oxygen atoms in total. The number of anilines is 1. The van der Waals surface area contributed by atoms with Gasteiger partial charge in [0.05, 0.1) is 12.0 Å². The minimum absolute atomic E-state index is 0.563. The summed E-state index contributed by atoms with van der Waals surface area (Å²) in [5.74, 6) is 1.38. The first-order valence-electron chi connectivity index (χ1n) is 7.47. The molecule has 0 radical (unpaired) electrons. The van der Waals surface area contributed by atoms with Crippen molar-refractivity contribution in [3.8, 4) is 5.88 Å². The molecule has 1 fully saturated rings. The van der Waals surface area contributed by atoms with Crippen LogP contribution < -0.4 is 9.64 Å². The number of aromatic nitrogens is 2. The van der Waals surface area contributed by atoms with Crippen molar-refractivity contribution in [2.75, 3.05) is 24.6 Å². The Morgan fingerprint density at radius 1 is 1.38 bits per heavy atom. The maximum absolute atomic E-state index is 11.5. The van der Waals surface area contributed by atoms with E-state index in [9.17, 15) is 9.90 Å². The van der Waals surface area contributed by atoms with Gasteiger partial charge in [-0.1, -0.05) is 6.92 Å². The third-order valence-corrected chi connectivity index (χ3v) is 4.27. The van der Waals surface area contributed by atoms with Crippen LogP contribution in [0.4, 0.5) is 5.82 Å². The average Bonchev–Trinajstić information content (AvgIpc) is 2.47. The molecule has 1 aromatic heterocycles. The maximum atomic E-state index is 11.5. The highest BCUT2D eigenvalue weighted by Gasteiger charge is 2.40. The molecule has 0 amide bonds. The Morgan fingerprint density at radius 2 is 2.05 bits per heavy atom. The molecule has 0 atom stereocenters. The molecule has 1 aromatic rings. The molecular weight excluding hydrogens is 270 g/mol. The van der Waals surface area contributed by atoms with E-state index in [0.29, 0.717) is 50.7 Å². The summed E-state index contributed by atoms with van der Waals surface area (Å²) in [6.45, 7) is 7.66. The van der Waals surface area contributed by atoms with E-state index in [2.05, 4.69) is 14.9 Å². The minimum Gasteiger partial charge on any atom is -0.481 e. The molecule has 1 aliphatic heterocycles. The fourth-order valence-corrected chi connectivity index (χ4v) is 2.79. The van der Waals surface area contributed by atoms with E-state index in [4.69, 9.17) is 4.74 Å². The van der Waals surface area contributed by atoms with Crippen LogP contribution in [0.25, 0.3) is 0 Å². The number of piperidine rings is 1. The number of carboxylic acids is 1. The molecule has 0 aliphatic carbocycles. The van der Waals surface area contributed by atoms with Crippen molar-refractivity contribution in [2.24, 2.45) is 5.41 Å². The molecule has 1 aliphatic rings. The van der Waals surface area contributed by atoms with Gasteiger partial charge in [-0.3, -0.25) is 4.79 Å². The SMILES string of the molecule is CCOc1cc(N2CCC(CC)(C(=O)O)CC2)nc(C)n1. The normalized spacial score (nSPS) is 17.6. The Bertz CT molecular complexity index is 511. The molecule has 2 rings (SSSR count). The van der Waals surface area contributed by atoms with Crippen LogP contribution in [0.5, 0.6) is 5.88 Å². The first-order chi connectivity index (χ1) is 10.0. The molecule has 116 valence electrons. The summed E-state index contributed by atoms with van der Waals surface area (Å²) >= 11 is 0. The lowest BCUT2D eigenvalue weighted by atomic mass is 9.76. The van der Waals surface area contributed by atoms with Crippen LogP contribution in [0.2, 0.25) is 0 Å². The Balaban J connectivity index is 2.13. The molecule has 0 bridgehead atoms. The Hall–Kier alpha value is -1.85. The summed E-state index contributed by atoms with van der Waals surface area (Å²) in [4.78, 5) is 22.3. The second-order valence-corrected chi connectivity index (χ2v) is 5.47. The molecule has 1 N–H and O–H groups in total. The van der Waals surface area contributed by atoms with Crippen molar-refractivity contribution in [3.05, 3.63) is 11.9 Å². The largest absolute Gasteiger partial charge is 0.481 e. The number of carboxylic acid groups (broad SMARTS) is 1. The third-order valence-electron chi connectivity index (χ3n) is 4.27. The zero-order chi connectivity index (χ0) is 15.5. The average molecular weight is 293 g/mol. The lowest BCUT2D eigenvalue weighted by molar-refractivity contribution is -0.150. The first-order valence-corrected chi connectivity index (χ1v) is 7.47. The predicted octanol–water partition coefficient (Wildman–Crippen LogP) is 2.26. The smallest absolute Gasteiger partial charge is 0.309 e. The van der Waals surface area contributed by atoms with E-state index in [0.717, 1.165) is 5.82 Å². The van der Waals surface area contributed by atoms with Crippen LogP contribution in [0.1, 0.15) is 38.9 Å². The minimum atomic E-state index is -0.682. The van der Waals surface area contributed by atoms with Crippen LogP contribution in [0.3, 0.4) is 0 Å². The molecule has 0 aromatic carbocycles. The zero-order valence-corrected chi connectivity index (χ0v) is 12.9. The fraction of sp³-hybridized carbons (Fsp3) is 0.667. The van der Waals surface area contributed by atoms with Crippen molar-refractivity contribution < 1.29 is 14.6 Å². The van der Waals surface area contributed by atoms with Gasteiger partial charge in [-0.25, -0.2) is 4.98 Å². The van der Waals surface area contributed by atoms with Crippen molar-refractivity contribution in [3.63, 3.8) is 0 Å². The fourth-order valence-electron chi connectivity index (χ4n) is 2.79. The standard InChI is InChI=1S/C15H23N3O3/c1-4-15(14(19)20)6-8-18(9-7-15)12-10-13(21-5-2)17-11(3)16-12/h10H,4-9H2,1-3H3,(H,19,20). The van der Waals surface area contributed by atoms with Gasteiger partial charge in [0.1, 0.15) is 11.6 Å². The summed E-state index contributed by atoms with van der Waals surface area (Å²) in [5.41, 5.74) is -0.582. The molecule has 0 saturated carbocycles. The number of aliphatic carboxylic acids is 1. The topological polar surface area (TPSA) is 75.5 Å². The lowest BCUT2D eigenvalue weighted by Gasteiger charge is -2.38. The molecule has 6 heteroatoms. The van der Waals surface area contributed by atoms with E-state index in [1.165, 1.54) is 0 Å². The predicted molar refractivity (Wildman–Crippen MR) is 79.7 cm³/mol. The van der Waals surface area contributed by atoms with Crippen LogP contribution in [-0.2, 0) is 4.79 Å². The van der Waals surface area contributed by atoms with E-state index in [1.807, 2.05) is 26.8 Å². The van der Waals surface area contributed by atoms with Crippen LogP contribution in [-0.4, -0.2) is 40.7 Å². The highest BCUT2D eigenvalue weighted by molar-refractivity contribution is 5.75. The van der Waals surface area contributed by atoms with E-state index < -0.39 is 11.4 Å². The lowest BCUT2D eigenvalue weighted by Crippen LogP contribution is -2.44. The van der Waals surface area contributed by atoms with Crippen LogP contribution in [0, 0.1) is 12.3 Å². The van der Waals surface area contributed by atoms with Gasteiger partial charge in [-0.2, -0.15) is 4.98 Å². The second kappa shape index (κ2) is 6.28. The van der Waals surface area contributed by atoms with Gasteiger partial charge in [0.2, 0.25) is 5.88 Å². The summed E-state index contributed by atoms with van der Waals surface area (Å²) in [5, 5.41) is 9.44. The Kier molecular flexibility index (Phi) is 4.65. The second-order valence-electron chi connectivity index (χ2n) is 5.47. The monoisotopic (exact) mass is 293 g/mol. The molecule has 2 heterocycles. The van der Waals surface area contributed by atoms with Gasteiger partial charge in [-0.05, 0) is 33.1 Å². The van der Waals surface area contributed by atoms with E-state index in [1.54, 1.807) is 0 Å². The number of rotatable bonds is 5. The molecule has 1 saturated heterocycles. The van der Waals surface area contributed by atoms with Gasteiger partial charge >= 0.3 is 5.97 Å². The number of hydrogen-bond acceptors (Lipinski definition) is 5. The number of carbonyl (C=O) groups is 1. The van der Waals surface area contributed by atoms with Gasteiger partial charge in [-0.15, -0.1) is 0 Å². The van der Waals surface area contributed by atoms with Gasteiger partial charge in [0.15, 0.2) is 0 Å². The van der Waals surface area contributed by atoms with Gasteiger partial charge in [0.25, 0.3) is 0 Å². The molecule has 0 spiro atoms. The number of nitrogens with zero attached hydrogens (tertiary/aromatic N) is 3. The summed E-state index contributed by atoms with van der Waals surface area (Å²) in [6.07, 6.45) is 1.96. The van der Waals surface area contributed by atoms with E-state index in [-0.39, 0.29) is 0 Å².